The van der Waals surface area contributed by atoms with Crippen molar-refractivity contribution in [2.45, 2.75) is 19.4 Å². The lowest BCUT2D eigenvalue weighted by molar-refractivity contribution is 0.582. The Balaban J connectivity index is 2.22. The maximum Gasteiger partial charge on any atom is 0.0422 e. The molecule has 2 nitrogen and oxygen atoms in total. The second-order valence-electron chi connectivity index (χ2n) is 4.54. The molecule has 19 heavy (non-hydrogen) atoms. The van der Waals surface area contributed by atoms with Gasteiger partial charge in [0.05, 0.1) is 0 Å². The average molecular weight is 384 g/mol. The van der Waals surface area contributed by atoms with Gasteiger partial charge in [-0.2, -0.15) is 0 Å². The maximum atomic E-state index is 4.47. The molecule has 0 radical (unpaired) electrons. The molecule has 0 spiro atoms. The Morgan fingerprint density at radius 1 is 1.21 bits per heavy atom. The fourth-order valence-corrected chi connectivity index (χ4v) is 3.30. The van der Waals surface area contributed by atoms with Crippen molar-refractivity contribution in [1.82, 2.24) is 10.3 Å². The summed E-state index contributed by atoms with van der Waals surface area (Å²) in [4.78, 5) is 4.47. The van der Waals surface area contributed by atoms with Crippen molar-refractivity contribution < 1.29 is 0 Å². The lowest BCUT2D eigenvalue weighted by Gasteiger charge is -2.18. The van der Waals surface area contributed by atoms with Gasteiger partial charge < -0.3 is 5.32 Å². The Labute approximate surface area is 130 Å². The summed E-state index contributed by atoms with van der Waals surface area (Å²) in [5, 5.41) is 3.36. The highest BCUT2D eigenvalue weighted by Crippen LogP contribution is 2.28. The average Bonchev–Trinajstić information content (AvgIpc) is 2.39. The molecule has 1 heterocycles. The lowest BCUT2D eigenvalue weighted by Crippen LogP contribution is -2.19. The Morgan fingerprint density at radius 2 is 2.00 bits per heavy atom. The summed E-state index contributed by atoms with van der Waals surface area (Å²) in [5.41, 5.74) is 3.53. The fraction of sp³-hybridized carbons (Fsp3) is 0.267. The normalized spacial score (nSPS) is 12.4. The van der Waals surface area contributed by atoms with Gasteiger partial charge in [0.25, 0.3) is 0 Å². The number of benzene rings is 1. The van der Waals surface area contributed by atoms with Gasteiger partial charge in [-0.1, -0.05) is 44.0 Å². The first-order valence-electron chi connectivity index (χ1n) is 6.14. The van der Waals surface area contributed by atoms with Crippen LogP contribution in [-0.2, 0) is 6.42 Å². The number of pyridine rings is 1. The fourth-order valence-electron chi connectivity index (χ4n) is 1.98. The minimum atomic E-state index is 0.248. The third-order valence-electron chi connectivity index (χ3n) is 3.07. The quantitative estimate of drug-likeness (QED) is 0.845. The number of halogens is 2. The van der Waals surface area contributed by atoms with Crippen LogP contribution in [0.5, 0.6) is 0 Å². The first kappa shape index (κ1) is 14.7. The Hall–Kier alpha value is -0.710. The summed E-state index contributed by atoms with van der Waals surface area (Å²) in [6.07, 6.45) is 2.79. The van der Waals surface area contributed by atoms with E-state index in [9.17, 15) is 0 Å². The molecule has 2 rings (SSSR count). The molecule has 0 aliphatic heterocycles. The first-order chi connectivity index (χ1) is 9.10. The molecule has 0 saturated carbocycles. The number of rotatable bonds is 4. The van der Waals surface area contributed by atoms with Crippen LogP contribution in [0.2, 0.25) is 0 Å². The zero-order valence-corrected chi connectivity index (χ0v) is 14.1. The van der Waals surface area contributed by atoms with Gasteiger partial charge in [-0.25, -0.2) is 0 Å². The minimum absolute atomic E-state index is 0.248. The summed E-state index contributed by atoms with van der Waals surface area (Å²) in [5.74, 6) is 0. The van der Waals surface area contributed by atoms with Crippen LogP contribution in [0, 0.1) is 6.92 Å². The van der Waals surface area contributed by atoms with Crippen LogP contribution >= 0.6 is 31.9 Å². The van der Waals surface area contributed by atoms with Crippen molar-refractivity contribution >= 4 is 31.9 Å². The highest BCUT2D eigenvalue weighted by atomic mass is 79.9. The number of hydrogen-bond acceptors (Lipinski definition) is 2. The molecular weight excluding hydrogens is 368 g/mol. The monoisotopic (exact) mass is 382 g/mol. The standard InChI is InChI=1S/C15H16Br2N2/c1-10-3-5-12(19-9-10)8-15(18-2)13-6-4-11(16)7-14(13)17/h3-7,9,15,18H,8H2,1-2H3. The largest absolute Gasteiger partial charge is 0.313 e. The summed E-state index contributed by atoms with van der Waals surface area (Å²) in [6, 6.07) is 10.7. The Bertz CT molecular complexity index is 553. The molecule has 1 aromatic heterocycles. The van der Waals surface area contributed by atoms with Gasteiger partial charge in [0.15, 0.2) is 0 Å². The second-order valence-corrected chi connectivity index (χ2v) is 6.31. The van der Waals surface area contributed by atoms with Crippen molar-refractivity contribution in [3.05, 3.63) is 62.3 Å². The van der Waals surface area contributed by atoms with Crippen molar-refractivity contribution in [3.8, 4) is 0 Å². The summed E-state index contributed by atoms with van der Waals surface area (Å²) in [7, 11) is 1.98. The maximum absolute atomic E-state index is 4.47. The highest BCUT2D eigenvalue weighted by Gasteiger charge is 2.14. The predicted octanol–water partition coefficient (Wildman–Crippen LogP) is 4.42. The van der Waals surface area contributed by atoms with Crippen molar-refractivity contribution in [1.29, 1.82) is 0 Å². The molecule has 0 aliphatic rings. The molecular formula is C15H16Br2N2. The number of hydrogen-bond donors (Lipinski definition) is 1. The van der Waals surface area contributed by atoms with Gasteiger partial charge >= 0.3 is 0 Å². The van der Waals surface area contributed by atoms with Gasteiger partial charge in [0, 0.05) is 33.3 Å². The van der Waals surface area contributed by atoms with Gasteiger partial charge in [0.2, 0.25) is 0 Å². The third kappa shape index (κ3) is 3.88. The molecule has 0 saturated heterocycles. The van der Waals surface area contributed by atoms with E-state index in [2.05, 4.69) is 79.4 Å². The van der Waals surface area contributed by atoms with Crippen molar-refractivity contribution in [2.75, 3.05) is 7.05 Å². The molecule has 0 fully saturated rings. The number of aromatic nitrogens is 1. The molecule has 0 aliphatic carbocycles. The molecule has 1 unspecified atom stereocenters. The molecule has 1 atom stereocenters. The first-order valence-corrected chi connectivity index (χ1v) is 7.72. The van der Waals surface area contributed by atoms with E-state index in [4.69, 9.17) is 0 Å². The minimum Gasteiger partial charge on any atom is -0.313 e. The predicted molar refractivity (Wildman–Crippen MR) is 86.3 cm³/mol. The van der Waals surface area contributed by atoms with E-state index < -0.39 is 0 Å². The molecule has 4 heteroatoms. The van der Waals surface area contributed by atoms with Crippen LogP contribution in [0.4, 0.5) is 0 Å². The van der Waals surface area contributed by atoms with Crippen LogP contribution in [0.3, 0.4) is 0 Å². The second kappa shape index (κ2) is 6.64. The van der Waals surface area contributed by atoms with E-state index in [0.29, 0.717) is 0 Å². The summed E-state index contributed by atoms with van der Waals surface area (Å²) < 4.78 is 2.18. The van der Waals surface area contributed by atoms with E-state index >= 15 is 0 Å². The molecule has 0 bridgehead atoms. The molecule has 1 N–H and O–H groups in total. The van der Waals surface area contributed by atoms with Gasteiger partial charge in [-0.15, -0.1) is 0 Å². The third-order valence-corrected chi connectivity index (χ3v) is 4.25. The summed E-state index contributed by atoms with van der Waals surface area (Å²) >= 11 is 7.10. The van der Waals surface area contributed by atoms with E-state index in [0.717, 1.165) is 21.1 Å². The molecule has 2 aromatic rings. The number of likely N-dealkylation sites (N-methyl/N-ethyl adjacent to an activating group) is 1. The smallest absolute Gasteiger partial charge is 0.0422 e. The molecule has 100 valence electrons. The molecule has 0 amide bonds. The van der Waals surface area contributed by atoms with Gasteiger partial charge in [-0.3, -0.25) is 4.98 Å². The highest BCUT2D eigenvalue weighted by molar-refractivity contribution is 9.11. The SMILES string of the molecule is CNC(Cc1ccc(C)cn1)c1ccc(Br)cc1Br. The van der Waals surface area contributed by atoms with E-state index in [1.165, 1.54) is 11.1 Å². The van der Waals surface area contributed by atoms with E-state index in [1.807, 2.05) is 13.2 Å². The van der Waals surface area contributed by atoms with E-state index in [-0.39, 0.29) is 6.04 Å². The van der Waals surface area contributed by atoms with Gasteiger partial charge in [-0.05, 0) is 43.3 Å². The number of aryl methyl sites for hydroxylation is 1. The van der Waals surface area contributed by atoms with Crippen LogP contribution in [0.25, 0.3) is 0 Å². The van der Waals surface area contributed by atoms with Crippen molar-refractivity contribution in [3.63, 3.8) is 0 Å². The summed E-state index contributed by atoms with van der Waals surface area (Å²) in [6.45, 7) is 2.05. The number of nitrogens with zero attached hydrogens (tertiary/aromatic N) is 1. The zero-order valence-electron chi connectivity index (χ0n) is 11.0. The number of nitrogens with one attached hydrogen (secondary N) is 1. The van der Waals surface area contributed by atoms with Crippen LogP contribution in [0.15, 0.2) is 45.5 Å². The van der Waals surface area contributed by atoms with Crippen molar-refractivity contribution in [2.24, 2.45) is 0 Å². The molecule has 1 aromatic carbocycles. The lowest BCUT2D eigenvalue weighted by atomic mass is 10.0. The van der Waals surface area contributed by atoms with Crippen LogP contribution in [0.1, 0.15) is 22.9 Å². The van der Waals surface area contributed by atoms with Crippen LogP contribution in [-0.4, -0.2) is 12.0 Å². The zero-order chi connectivity index (χ0) is 13.8. The van der Waals surface area contributed by atoms with Gasteiger partial charge in [0.1, 0.15) is 0 Å². The Kier molecular flexibility index (Phi) is 5.13. The topological polar surface area (TPSA) is 24.9 Å². The van der Waals surface area contributed by atoms with Crippen LogP contribution < -0.4 is 5.32 Å². The Morgan fingerprint density at radius 3 is 2.58 bits per heavy atom. The van der Waals surface area contributed by atoms with E-state index in [1.54, 1.807) is 0 Å².